The fraction of sp³-hybridized carbons (Fsp3) is 0.632. The molecule has 3 atom stereocenters. The summed E-state index contributed by atoms with van der Waals surface area (Å²) in [7, 11) is -2.76. The lowest BCUT2D eigenvalue weighted by Gasteiger charge is -2.45. The SMILES string of the molecule is CC1CN2CC(C)O[Si](CCCN=Cc3cccc([N+](=O)[O-])c3)(O1)OC(C)C2. The summed E-state index contributed by atoms with van der Waals surface area (Å²) in [6.07, 6.45) is 2.71. The maximum Gasteiger partial charge on any atom is 0.501 e. The van der Waals surface area contributed by atoms with Crippen molar-refractivity contribution in [3.8, 4) is 0 Å². The number of nitrogens with zero attached hydrogens (tertiary/aromatic N) is 3. The van der Waals surface area contributed by atoms with Crippen LogP contribution in [0.15, 0.2) is 29.3 Å². The Labute approximate surface area is 167 Å². The number of fused-ring (bicyclic) bond motifs is 6. The first kappa shape index (κ1) is 21.1. The Morgan fingerprint density at radius 3 is 2.36 bits per heavy atom. The maximum atomic E-state index is 10.9. The molecule has 0 amide bonds. The van der Waals surface area contributed by atoms with Gasteiger partial charge in [0.05, 0.1) is 23.2 Å². The van der Waals surface area contributed by atoms with Crippen molar-refractivity contribution in [3.05, 3.63) is 39.9 Å². The number of aliphatic imine (C=N–C) groups is 1. The largest absolute Gasteiger partial charge is 0.501 e. The van der Waals surface area contributed by atoms with Crippen LogP contribution in [0.3, 0.4) is 0 Å². The third-order valence-corrected chi connectivity index (χ3v) is 8.03. The van der Waals surface area contributed by atoms with Gasteiger partial charge in [0.15, 0.2) is 0 Å². The molecule has 3 aliphatic heterocycles. The van der Waals surface area contributed by atoms with Crippen molar-refractivity contribution in [2.45, 2.75) is 51.5 Å². The molecule has 3 unspecified atom stereocenters. The zero-order valence-corrected chi connectivity index (χ0v) is 17.7. The molecular formula is C19H29N3O5Si. The van der Waals surface area contributed by atoms with Crippen molar-refractivity contribution in [1.82, 2.24) is 4.90 Å². The molecule has 154 valence electrons. The molecule has 28 heavy (non-hydrogen) atoms. The second kappa shape index (κ2) is 9.23. The molecule has 1 aromatic carbocycles. The van der Waals surface area contributed by atoms with Crippen molar-refractivity contribution in [2.24, 2.45) is 4.99 Å². The first-order chi connectivity index (χ1) is 13.3. The van der Waals surface area contributed by atoms with Gasteiger partial charge >= 0.3 is 8.80 Å². The summed E-state index contributed by atoms with van der Waals surface area (Å²) >= 11 is 0. The van der Waals surface area contributed by atoms with E-state index < -0.39 is 13.7 Å². The van der Waals surface area contributed by atoms with Crippen LogP contribution in [0, 0.1) is 10.1 Å². The second-order valence-corrected chi connectivity index (χ2v) is 10.3. The summed E-state index contributed by atoms with van der Waals surface area (Å²) in [6, 6.07) is 7.18. The van der Waals surface area contributed by atoms with E-state index in [0.29, 0.717) is 6.54 Å². The number of hydrogen-bond donors (Lipinski definition) is 0. The minimum Gasteiger partial charge on any atom is -0.369 e. The zero-order chi connectivity index (χ0) is 20.1. The van der Waals surface area contributed by atoms with Crippen molar-refractivity contribution >= 4 is 20.7 Å². The Morgan fingerprint density at radius 1 is 1.18 bits per heavy atom. The van der Waals surface area contributed by atoms with Gasteiger partial charge in [0.2, 0.25) is 0 Å². The molecule has 0 radical (unpaired) electrons. The predicted octanol–water partition coefficient (Wildman–Crippen LogP) is 2.89. The maximum absolute atomic E-state index is 10.9. The first-order valence-corrected chi connectivity index (χ1v) is 11.8. The Bertz CT molecular complexity index is 681. The van der Waals surface area contributed by atoms with Crippen LogP contribution in [-0.4, -0.2) is 69.3 Å². The monoisotopic (exact) mass is 407 g/mol. The van der Waals surface area contributed by atoms with Crippen LogP contribution in [0.2, 0.25) is 6.04 Å². The Morgan fingerprint density at radius 2 is 1.79 bits per heavy atom. The molecule has 0 spiro atoms. The lowest BCUT2D eigenvalue weighted by molar-refractivity contribution is -0.384. The topological polar surface area (TPSA) is 86.4 Å². The van der Waals surface area contributed by atoms with Gasteiger partial charge in [0.25, 0.3) is 5.69 Å². The number of nitro benzene ring substituents is 1. The third-order valence-electron chi connectivity index (χ3n) is 4.78. The summed E-state index contributed by atoms with van der Waals surface area (Å²) in [6.45, 7) is 9.54. The molecule has 0 aromatic heterocycles. The van der Waals surface area contributed by atoms with E-state index in [2.05, 4.69) is 30.7 Å². The molecule has 0 aliphatic carbocycles. The number of hydrogen-bond acceptors (Lipinski definition) is 7. The Kier molecular flexibility index (Phi) is 6.94. The van der Waals surface area contributed by atoms with Crippen LogP contribution in [0.5, 0.6) is 0 Å². The second-order valence-electron chi connectivity index (χ2n) is 7.68. The normalized spacial score (nSPS) is 33.4. The van der Waals surface area contributed by atoms with Crippen LogP contribution >= 0.6 is 0 Å². The number of nitro groups is 1. The van der Waals surface area contributed by atoms with Gasteiger partial charge in [-0.1, -0.05) is 12.1 Å². The van der Waals surface area contributed by atoms with Crippen molar-refractivity contribution in [3.63, 3.8) is 0 Å². The lowest BCUT2D eigenvalue weighted by atomic mass is 10.2. The lowest BCUT2D eigenvalue weighted by Crippen LogP contribution is -2.61. The molecule has 2 bridgehead atoms. The van der Waals surface area contributed by atoms with Gasteiger partial charge in [-0.15, -0.1) is 0 Å². The van der Waals surface area contributed by atoms with E-state index in [1.807, 2.05) is 0 Å². The average Bonchev–Trinajstić information content (AvgIpc) is 2.58. The molecule has 4 rings (SSSR count). The van der Waals surface area contributed by atoms with Crippen LogP contribution in [0.1, 0.15) is 32.8 Å². The highest BCUT2D eigenvalue weighted by Crippen LogP contribution is 2.28. The van der Waals surface area contributed by atoms with E-state index in [-0.39, 0.29) is 24.0 Å². The van der Waals surface area contributed by atoms with Gasteiger partial charge in [-0.25, -0.2) is 0 Å². The summed E-state index contributed by atoms with van der Waals surface area (Å²) in [5, 5.41) is 10.9. The van der Waals surface area contributed by atoms with E-state index >= 15 is 0 Å². The molecule has 1 aromatic rings. The minimum atomic E-state index is -2.76. The standard InChI is InChI=1S/C19H29N3O5Si/c1-15-12-21-13-16(2)26-28(25-15,27-17(3)14-21)9-5-8-20-11-18-6-4-7-19(10-18)22(23)24/h4,6-7,10-11,15-17H,5,8-9,12-14H2,1-3H3. The van der Waals surface area contributed by atoms with Crippen LogP contribution in [0.25, 0.3) is 0 Å². The van der Waals surface area contributed by atoms with Gasteiger partial charge in [-0.3, -0.25) is 20.0 Å². The molecule has 8 nitrogen and oxygen atoms in total. The van der Waals surface area contributed by atoms with E-state index in [4.69, 9.17) is 13.3 Å². The zero-order valence-electron chi connectivity index (χ0n) is 16.7. The fourth-order valence-corrected chi connectivity index (χ4v) is 7.06. The predicted molar refractivity (Wildman–Crippen MR) is 109 cm³/mol. The molecule has 0 saturated carbocycles. The van der Waals surface area contributed by atoms with Gasteiger partial charge in [-0.05, 0) is 32.8 Å². The summed E-state index contributed by atoms with van der Waals surface area (Å²) in [5.41, 5.74) is 0.793. The summed E-state index contributed by atoms with van der Waals surface area (Å²) in [4.78, 5) is 17.2. The summed E-state index contributed by atoms with van der Waals surface area (Å²) < 4.78 is 19.0. The van der Waals surface area contributed by atoms with E-state index in [9.17, 15) is 10.1 Å². The molecule has 3 heterocycles. The molecule has 3 saturated heterocycles. The van der Waals surface area contributed by atoms with Crippen LogP contribution < -0.4 is 0 Å². The third kappa shape index (κ3) is 5.68. The molecule has 3 fully saturated rings. The summed E-state index contributed by atoms with van der Waals surface area (Å²) in [5.74, 6) is 0. The quantitative estimate of drug-likeness (QED) is 0.237. The highest BCUT2D eigenvalue weighted by Gasteiger charge is 2.48. The van der Waals surface area contributed by atoms with Gasteiger partial charge < -0.3 is 13.3 Å². The van der Waals surface area contributed by atoms with Gasteiger partial charge in [0.1, 0.15) is 0 Å². The smallest absolute Gasteiger partial charge is 0.369 e. The highest BCUT2D eigenvalue weighted by molar-refractivity contribution is 6.60. The van der Waals surface area contributed by atoms with Crippen LogP contribution in [-0.2, 0) is 13.3 Å². The van der Waals surface area contributed by atoms with Crippen LogP contribution in [0.4, 0.5) is 5.69 Å². The number of non-ortho nitro benzene ring substituents is 1. The number of benzene rings is 1. The molecular weight excluding hydrogens is 378 g/mol. The Hall–Kier alpha value is -1.65. The average molecular weight is 408 g/mol. The fourth-order valence-electron chi connectivity index (χ4n) is 3.88. The molecule has 9 heteroatoms. The van der Waals surface area contributed by atoms with Crippen molar-refractivity contribution < 1.29 is 18.2 Å². The highest BCUT2D eigenvalue weighted by atomic mass is 28.4. The van der Waals surface area contributed by atoms with Gasteiger partial charge in [0, 0.05) is 50.6 Å². The van der Waals surface area contributed by atoms with E-state index in [1.165, 1.54) is 12.1 Å². The van der Waals surface area contributed by atoms with Crippen molar-refractivity contribution in [1.29, 1.82) is 0 Å². The first-order valence-electron chi connectivity index (χ1n) is 9.85. The Balaban J connectivity index is 1.59. The molecule has 0 N–H and O–H groups in total. The van der Waals surface area contributed by atoms with E-state index in [1.54, 1.807) is 18.3 Å². The number of rotatable bonds is 6. The molecule has 3 aliphatic rings. The van der Waals surface area contributed by atoms with Gasteiger partial charge in [-0.2, -0.15) is 0 Å². The minimum absolute atomic E-state index is 0.0699. The van der Waals surface area contributed by atoms with E-state index in [0.717, 1.165) is 37.7 Å². The van der Waals surface area contributed by atoms with Crippen molar-refractivity contribution in [2.75, 3.05) is 26.2 Å².